The van der Waals surface area contributed by atoms with E-state index in [9.17, 15) is 19.2 Å². The fourth-order valence-electron chi connectivity index (χ4n) is 8.61. The van der Waals surface area contributed by atoms with Crippen LogP contribution in [0.2, 0.25) is 0 Å². The first-order valence-electron chi connectivity index (χ1n) is 18.3. The predicted molar refractivity (Wildman–Crippen MR) is 195 cm³/mol. The number of benzene rings is 2. The number of aryl methyl sites for hydroxylation is 2. The van der Waals surface area contributed by atoms with E-state index in [0.29, 0.717) is 41.3 Å². The monoisotopic (exact) mass is 706 g/mol. The van der Waals surface area contributed by atoms with Crippen LogP contribution in [0.15, 0.2) is 65.6 Å². The number of imidazole rings is 1. The van der Waals surface area contributed by atoms with Crippen molar-refractivity contribution < 1.29 is 18.8 Å². The highest BCUT2D eigenvalue weighted by Gasteiger charge is 2.36. The Balaban J connectivity index is 0.880. The lowest BCUT2D eigenvalue weighted by atomic mass is 9.83. The van der Waals surface area contributed by atoms with E-state index in [2.05, 4.69) is 31.4 Å². The number of fused-ring (bicyclic) bond motifs is 2. The van der Waals surface area contributed by atoms with Gasteiger partial charge in [0.2, 0.25) is 11.8 Å². The third-order valence-electron chi connectivity index (χ3n) is 11.3. The number of alkyl halides is 1. The molecule has 3 fully saturated rings. The molecule has 0 spiro atoms. The number of likely N-dealkylation sites (tertiary alicyclic amines) is 1. The molecular weight excluding hydrogens is 663 g/mol. The minimum Gasteiger partial charge on any atom is -0.321 e. The second-order valence-corrected chi connectivity index (χ2v) is 14.7. The van der Waals surface area contributed by atoms with Gasteiger partial charge < -0.3 is 10.2 Å². The average Bonchev–Trinajstić information content (AvgIpc) is 3.66. The van der Waals surface area contributed by atoms with Gasteiger partial charge in [0.1, 0.15) is 17.9 Å². The van der Waals surface area contributed by atoms with Crippen molar-refractivity contribution in [2.75, 3.05) is 25.0 Å². The zero-order chi connectivity index (χ0) is 36.1. The molecule has 3 amide bonds. The van der Waals surface area contributed by atoms with Crippen molar-refractivity contribution in [2.45, 2.75) is 76.0 Å². The number of nitrogens with one attached hydrogen (secondary N) is 2. The Morgan fingerprint density at radius 3 is 2.58 bits per heavy atom. The van der Waals surface area contributed by atoms with Crippen molar-refractivity contribution in [3.05, 3.63) is 88.2 Å². The van der Waals surface area contributed by atoms with Gasteiger partial charge in [0.05, 0.1) is 22.6 Å². The SMILES string of the molecule is Cc1cccc(C(=O)Nc2ccc3nn(C4CCC(CN5CC[C@H](c6cccc7c6n(C)c(=O)n7C6CCC(=O)NC6=O)[C@H](F)C5)CC4)cc3c2)n1. The Bertz CT molecular complexity index is 2250. The van der Waals surface area contributed by atoms with Crippen LogP contribution < -0.4 is 16.3 Å². The Labute approximate surface area is 300 Å². The number of carbonyl (C=O) groups excluding carboxylic acids is 3. The second kappa shape index (κ2) is 13.8. The summed E-state index contributed by atoms with van der Waals surface area (Å²) < 4.78 is 21.1. The van der Waals surface area contributed by atoms with Gasteiger partial charge in [0.15, 0.2) is 0 Å². The summed E-state index contributed by atoms with van der Waals surface area (Å²) in [4.78, 5) is 57.1. The number of nitrogens with zero attached hydrogens (tertiary/aromatic N) is 6. The van der Waals surface area contributed by atoms with E-state index in [1.807, 2.05) is 49.4 Å². The number of anilines is 1. The number of imide groups is 1. The molecule has 1 aliphatic carbocycles. The fraction of sp³-hybridized carbons (Fsp3) is 0.436. The molecule has 1 unspecified atom stereocenters. The molecule has 3 aromatic heterocycles. The van der Waals surface area contributed by atoms with Gasteiger partial charge in [-0.15, -0.1) is 0 Å². The van der Waals surface area contributed by atoms with E-state index in [0.717, 1.165) is 60.9 Å². The van der Waals surface area contributed by atoms with Gasteiger partial charge in [-0.2, -0.15) is 5.10 Å². The number of hydrogen-bond acceptors (Lipinski definition) is 7. The lowest BCUT2D eigenvalue weighted by Crippen LogP contribution is -2.44. The largest absolute Gasteiger partial charge is 0.329 e. The quantitative estimate of drug-likeness (QED) is 0.223. The van der Waals surface area contributed by atoms with Gasteiger partial charge in [-0.05, 0) is 99.9 Å². The molecule has 2 aromatic carbocycles. The number of halogens is 1. The first kappa shape index (κ1) is 33.9. The van der Waals surface area contributed by atoms with E-state index in [4.69, 9.17) is 5.10 Å². The number of amides is 3. The average molecular weight is 707 g/mol. The Morgan fingerprint density at radius 1 is 1.00 bits per heavy atom. The summed E-state index contributed by atoms with van der Waals surface area (Å²) in [5.41, 5.74) is 4.45. The number of aromatic nitrogens is 5. The Morgan fingerprint density at radius 2 is 1.81 bits per heavy atom. The number of carbonyl (C=O) groups is 3. The highest BCUT2D eigenvalue weighted by Crippen LogP contribution is 2.38. The molecule has 2 saturated heterocycles. The van der Waals surface area contributed by atoms with Crippen LogP contribution in [0.1, 0.15) is 84.7 Å². The Hall–Kier alpha value is -5.17. The highest BCUT2D eigenvalue weighted by atomic mass is 19.1. The molecule has 0 bridgehead atoms. The lowest BCUT2D eigenvalue weighted by Gasteiger charge is -2.38. The lowest BCUT2D eigenvalue weighted by molar-refractivity contribution is -0.135. The van der Waals surface area contributed by atoms with Gasteiger partial charge in [-0.3, -0.25) is 33.5 Å². The van der Waals surface area contributed by atoms with Crippen molar-refractivity contribution in [2.24, 2.45) is 13.0 Å². The fourth-order valence-corrected chi connectivity index (χ4v) is 8.61. The van der Waals surface area contributed by atoms with E-state index in [1.54, 1.807) is 19.2 Å². The summed E-state index contributed by atoms with van der Waals surface area (Å²) in [6.45, 7) is 3.82. The van der Waals surface area contributed by atoms with E-state index in [-0.39, 0.29) is 42.3 Å². The van der Waals surface area contributed by atoms with Crippen molar-refractivity contribution in [3.8, 4) is 0 Å². The number of rotatable bonds is 7. The van der Waals surface area contributed by atoms with Crippen LogP contribution in [-0.4, -0.2) is 72.3 Å². The third-order valence-corrected chi connectivity index (χ3v) is 11.3. The summed E-state index contributed by atoms with van der Waals surface area (Å²) in [6.07, 6.45) is 6.11. The van der Waals surface area contributed by atoms with Gasteiger partial charge in [0, 0.05) is 55.4 Å². The van der Waals surface area contributed by atoms with Crippen LogP contribution in [0, 0.1) is 12.8 Å². The molecule has 13 heteroatoms. The normalized spacial score (nSPS) is 24.3. The van der Waals surface area contributed by atoms with E-state index >= 15 is 4.39 Å². The van der Waals surface area contributed by atoms with Crippen LogP contribution in [0.25, 0.3) is 21.9 Å². The highest BCUT2D eigenvalue weighted by molar-refractivity contribution is 6.04. The predicted octanol–water partition coefficient (Wildman–Crippen LogP) is 5.18. The van der Waals surface area contributed by atoms with Gasteiger partial charge in [-0.1, -0.05) is 18.2 Å². The summed E-state index contributed by atoms with van der Waals surface area (Å²) in [5.74, 6) is -0.941. The first-order valence-corrected chi connectivity index (χ1v) is 18.3. The summed E-state index contributed by atoms with van der Waals surface area (Å²) in [7, 11) is 1.67. The third kappa shape index (κ3) is 6.42. The van der Waals surface area contributed by atoms with Crippen LogP contribution >= 0.6 is 0 Å². The maximum absolute atomic E-state index is 16.1. The van der Waals surface area contributed by atoms with Gasteiger partial charge in [-0.25, -0.2) is 14.2 Å². The summed E-state index contributed by atoms with van der Waals surface area (Å²) >= 11 is 0. The molecule has 1 saturated carbocycles. The molecule has 52 heavy (non-hydrogen) atoms. The van der Waals surface area contributed by atoms with Crippen molar-refractivity contribution >= 4 is 45.3 Å². The molecule has 3 atom stereocenters. The molecular formula is C39H43FN8O4. The van der Waals surface area contributed by atoms with E-state index < -0.39 is 18.1 Å². The van der Waals surface area contributed by atoms with Crippen molar-refractivity contribution in [3.63, 3.8) is 0 Å². The summed E-state index contributed by atoms with van der Waals surface area (Å²) in [5, 5.41) is 11.1. The zero-order valence-corrected chi connectivity index (χ0v) is 29.4. The van der Waals surface area contributed by atoms with Crippen LogP contribution in [-0.2, 0) is 16.6 Å². The molecule has 0 radical (unpaired) electrons. The van der Waals surface area contributed by atoms with E-state index in [1.165, 1.54) is 9.13 Å². The van der Waals surface area contributed by atoms with Gasteiger partial charge in [0.25, 0.3) is 5.91 Å². The topological polar surface area (TPSA) is 136 Å². The molecule has 270 valence electrons. The molecule has 2 N–H and O–H groups in total. The van der Waals surface area contributed by atoms with Crippen LogP contribution in [0.3, 0.4) is 0 Å². The van der Waals surface area contributed by atoms with Gasteiger partial charge >= 0.3 is 5.69 Å². The molecule has 2 aliphatic heterocycles. The first-order chi connectivity index (χ1) is 25.1. The number of pyridine rings is 1. The Kier molecular flexibility index (Phi) is 8.98. The molecule has 5 aromatic rings. The van der Waals surface area contributed by atoms with Crippen LogP contribution in [0.5, 0.6) is 0 Å². The minimum absolute atomic E-state index is 0.169. The molecule has 8 rings (SSSR count). The summed E-state index contributed by atoms with van der Waals surface area (Å²) in [6, 6.07) is 16.2. The number of piperidine rings is 2. The van der Waals surface area contributed by atoms with Crippen molar-refractivity contribution in [1.82, 2.24) is 34.1 Å². The maximum Gasteiger partial charge on any atom is 0.329 e. The maximum atomic E-state index is 16.1. The molecule has 12 nitrogen and oxygen atoms in total. The molecule has 3 aliphatic rings. The minimum atomic E-state index is -1.09. The molecule has 5 heterocycles. The second-order valence-electron chi connectivity index (χ2n) is 14.7. The zero-order valence-electron chi connectivity index (χ0n) is 29.4. The number of hydrogen-bond donors (Lipinski definition) is 2. The van der Waals surface area contributed by atoms with Crippen molar-refractivity contribution in [1.29, 1.82) is 0 Å². The smallest absolute Gasteiger partial charge is 0.321 e. The standard InChI is InChI=1S/C39H43FN8O4/c1-23-5-3-7-32(41-23)37(50)42-26-11-14-31-25(19-26)21-47(44-31)27-12-9-24(10-13-27)20-46-18-17-28(30(40)22-46)29-6-4-8-33-36(29)45(2)39(52)48(33)34-15-16-35(49)43-38(34)51/h3-8,11,14,19,21,24,27-28,30,34H,9-10,12-13,15-18,20,22H2,1-2H3,(H,42,50)(H,43,49,51)/t24?,27?,28-,30-,34?/m1/s1. The van der Waals surface area contributed by atoms with Crippen LogP contribution in [0.4, 0.5) is 10.1 Å². The number of para-hydroxylation sites is 1.